The van der Waals surface area contributed by atoms with Crippen LogP contribution in [-0.4, -0.2) is 43.8 Å². The summed E-state index contributed by atoms with van der Waals surface area (Å²) < 4.78 is 19.0. The Labute approximate surface area is 119 Å². The maximum atomic E-state index is 13.7. The number of nitriles is 1. The summed E-state index contributed by atoms with van der Waals surface area (Å²) in [6, 6.07) is 6.81. The van der Waals surface area contributed by atoms with Gasteiger partial charge < -0.3 is 10.1 Å². The third-order valence-electron chi connectivity index (χ3n) is 3.46. The zero-order chi connectivity index (χ0) is 14.4. The van der Waals surface area contributed by atoms with Crippen molar-refractivity contribution < 1.29 is 9.13 Å². The first-order valence-electron chi connectivity index (χ1n) is 6.91. The third-order valence-corrected chi connectivity index (χ3v) is 3.46. The van der Waals surface area contributed by atoms with Gasteiger partial charge in [-0.15, -0.1) is 0 Å². The number of morpholine rings is 1. The number of hydrogen-bond acceptors (Lipinski definition) is 4. The van der Waals surface area contributed by atoms with Crippen molar-refractivity contribution in [2.45, 2.75) is 19.5 Å². The highest BCUT2D eigenvalue weighted by Gasteiger charge is 2.13. The summed E-state index contributed by atoms with van der Waals surface area (Å²) in [7, 11) is 0. The molecule has 4 nitrogen and oxygen atoms in total. The molecule has 1 aliphatic rings. The van der Waals surface area contributed by atoms with Crippen LogP contribution in [0.5, 0.6) is 0 Å². The zero-order valence-corrected chi connectivity index (χ0v) is 11.7. The van der Waals surface area contributed by atoms with Crippen molar-refractivity contribution in [3.8, 4) is 6.07 Å². The summed E-state index contributed by atoms with van der Waals surface area (Å²) in [5, 5.41) is 12.0. The van der Waals surface area contributed by atoms with Gasteiger partial charge in [0.1, 0.15) is 5.82 Å². The molecule has 0 bridgehead atoms. The fourth-order valence-electron chi connectivity index (χ4n) is 2.28. The number of hydrogen-bond donors (Lipinski definition) is 1. The molecule has 1 aromatic carbocycles. The molecule has 108 valence electrons. The molecule has 1 fully saturated rings. The monoisotopic (exact) mass is 277 g/mol. The molecule has 1 aromatic rings. The summed E-state index contributed by atoms with van der Waals surface area (Å²) in [4.78, 5) is 2.34. The molecule has 2 rings (SSSR count). The standard InChI is InChI=1S/C15H20FN3O/c1-12(11-19-4-6-20-7-5-19)18-10-14-3-2-13(9-17)8-15(14)16/h2-3,8,12,18H,4-7,10-11H2,1H3. The fourth-order valence-corrected chi connectivity index (χ4v) is 2.28. The lowest BCUT2D eigenvalue weighted by Crippen LogP contribution is -2.44. The Morgan fingerprint density at radius 3 is 2.85 bits per heavy atom. The van der Waals surface area contributed by atoms with Crippen molar-refractivity contribution in [1.82, 2.24) is 10.2 Å². The highest BCUT2D eigenvalue weighted by molar-refractivity contribution is 5.32. The molecule has 0 aliphatic carbocycles. The molecule has 0 amide bonds. The van der Waals surface area contributed by atoms with Crippen LogP contribution in [0.25, 0.3) is 0 Å². The molecule has 5 heteroatoms. The van der Waals surface area contributed by atoms with Crippen LogP contribution in [0.4, 0.5) is 4.39 Å². The van der Waals surface area contributed by atoms with Gasteiger partial charge in [0.15, 0.2) is 0 Å². The molecule has 0 radical (unpaired) electrons. The summed E-state index contributed by atoms with van der Waals surface area (Å²) in [5.74, 6) is -0.324. The van der Waals surface area contributed by atoms with Gasteiger partial charge in [-0.05, 0) is 19.1 Å². The smallest absolute Gasteiger partial charge is 0.129 e. The van der Waals surface area contributed by atoms with Crippen molar-refractivity contribution >= 4 is 0 Å². The summed E-state index contributed by atoms with van der Waals surface area (Å²) in [6.45, 7) is 6.99. The third kappa shape index (κ3) is 4.27. The van der Waals surface area contributed by atoms with Crippen LogP contribution in [-0.2, 0) is 11.3 Å². The van der Waals surface area contributed by atoms with E-state index in [1.807, 2.05) is 6.07 Å². The maximum Gasteiger partial charge on any atom is 0.129 e. The Kier molecular flexibility index (Phi) is 5.48. The normalized spacial score (nSPS) is 17.6. The SMILES string of the molecule is CC(CN1CCOCC1)NCc1ccc(C#N)cc1F. The summed E-state index contributed by atoms with van der Waals surface area (Å²) in [5.41, 5.74) is 0.949. The minimum Gasteiger partial charge on any atom is -0.379 e. The first-order chi connectivity index (χ1) is 9.69. The molecule has 0 aromatic heterocycles. The number of benzene rings is 1. The first-order valence-corrected chi connectivity index (χ1v) is 6.91. The van der Waals surface area contributed by atoms with Crippen molar-refractivity contribution in [2.24, 2.45) is 0 Å². The van der Waals surface area contributed by atoms with Crippen LogP contribution < -0.4 is 5.32 Å². The Morgan fingerprint density at radius 2 is 2.20 bits per heavy atom. The minimum absolute atomic E-state index is 0.281. The predicted molar refractivity (Wildman–Crippen MR) is 74.7 cm³/mol. The minimum atomic E-state index is -0.324. The van der Waals surface area contributed by atoms with E-state index in [0.717, 1.165) is 32.8 Å². The van der Waals surface area contributed by atoms with E-state index in [1.165, 1.54) is 6.07 Å². The van der Waals surface area contributed by atoms with Gasteiger partial charge in [0, 0.05) is 37.8 Å². The molecule has 1 heterocycles. The lowest BCUT2D eigenvalue weighted by molar-refractivity contribution is 0.0343. The Hall–Kier alpha value is -1.48. The molecule has 0 spiro atoms. The molecule has 20 heavy (non-hydrogen) atoms. The van der Waals surface area contributed by atoms with Gasteiger partial charge in [0.2, 0.25) is 0 Å². The van der Waals surface area contributed by atoms with Gasteiger partial charge in [0.25, 0.3) is 0 Å². The Morgan fingerprint density at radius 1 is 1.45 bits per heavy atom. The molecule has 1 aliphatic heterocycles. The molecule has 0 saturated carbocycles. The lowest BCUT2D eigenvalue weighted by atomic mass is 10.1. The average molecular weight is 277 g/mol. The lowest BCUT2D eigenvalue weighted by Gasteiger charge is -2.29. The maximum absolute atomic E-state index is 13.7. The van der Waals surface area contributed by atoms with E-state index in [2.05, 4.69) is 17.1 Å². The fraction of sp³-hybridized carbons (Fsp3) is 0.533. The molecule has 1 unspecified atom stereocenters. The zero-order valence-electron chi connectivity index (χ0n) is 11.7. The Balaban J connectivity index is 1.80. The molecule has 1 N–H and O–H groups in total. The van der Waals surface area contributed by atoms with E-state index in [-0.39, 0.29) is 11.9 Å². The van der Waals surface area contributed by atoms with Gasteiger partial charge in [-0.3, -0.25) is 4.90 Å². The van der Waals surface area contributed by atoms with E-state index in [0.29, 0.717) is 17.7 Å². The van der Waals surface area contributed by atoms with Gasteiger partial charge in [-0.25, -0.2) is 4.39 Å². The summed E-state index contributed by atoms with van der Waals surface area (Å²) in [6.07, 6.45) is 0. The van der Waals surface area contributed by atoms with E-state index in [9.17, 15) is 4.39 Å². The van der Waals surface area contributed by atoms with E-state index in [4.69, 9.17) is 10.00 Å². The van der Waals surface area contributed by atoms with Crippen molar-refractivity contribution in [1.29, 1.82) is 5.26 Å². The largest absolute Gasteiger partial charge is 0.379 e. The number of nitrogens with one attached hydrogen (secondary N) is 1. The number of ether oxygens (including phenoxy) is 1. The molecule has 1 atom stereocenters. The van der Waals surface area contributed by atoms with Crippen LogP contribution in [0, 0.1) is 17.1 Å². The number of rotatable bonds is 5. The van der Waals surface area contributed by atoms with Gasteiger partial charge in [-0.2, -0.15) is 5.26 Å². The van der Waals surface area contributed by atoms with Crippen LogP contribution in [0.3, 0.4) is 0 Å². The number of halogens is 1. The van der Waals surface area contributed by atoms with Gasteiger partial charge >= 0.3 is 0 Å². The Bertz CT molecular complexity index is 480. The molecular formula is C15H20FN3O. The second-order valence-corrected chi connectivity index (χ2v) is 5.11. The molecular weight excluding hydrogens is 257 g/mol. The van der Waals surface area contributed by atoms with Gasteiger partial charge in [0.05, 0.1) is 24.8 Å². The first kappa shape index (κ1) is 14.9. The quantitative estimate of drug-likeness (QED) is 0.886. The van der Waals surface area contributed by atoms with Crippen molar-refractivity contribution in [3.63, 3.8) is 0 Å². The van der Waals surface area contributed by atoms with Crippen LogP contribution in [0.2, 0.25) is 0 Å². The van der Waals surface area contributed by atoms with E-state index in [1.54, 1.807) is 12.1 Å². The highest BCUT2D eigenvalue weighted by atomic mass is 19.1. The predicted octanol–water partition coefficient (Wildman–Crippen LogP) is 1.51. The van der Waals surface area contributed by atoms with E-state index < -0.39 is 0 Å². The van der Waals surface area contributed by atoms with Crippen LogP contribution >= 0.6 is 0 Å². The second kappa shape index (κ2) is 7.34. The van der Waals surface area contributed by atoms with Crippen LogP contribution in [0.15, 0.2) is 18.2 Å². The van der Waals surface area contributed by atoms with Gasteiger partial charge in [-0.1, -0.05) is 6.07 Å². The summed E-state index contributed by atoms with van der Waals surface area (Å²) >= 11 is 0. The number of nitrogens with zero attached hydrogens (tertiary/aromatic N) is 2. The second-order valence-electron chi connectivity index (χ2n) is 5.11. The van der Waals surface area contributed by atoms with Crippen molar-refractivity contribution in [2.75, 3.05) is 32.8 Å². The van der Waals surface area contributed by atoms with Crippen molar-refractivity contribution in [3.05, 3.63) is 35.1 Å². The van der Waals surface area contributed by atoms with Crippen LogP contribution in [0.1, 0.15) is 18.1 Å². The highest BCUT2D eigenvalue weighted by Crippen LogP contribution is 2.10. The topological polar surface area (TPSA) is 48.3 Å². The molecule has 1 saturated heterocycles. The van der Waals surface area contributed by atoms with E-state index >= 15 is 0 Å². The average Bonchev–Trinajstić information content (AvgIpc) is 2.47.